The van der Waals surface area contributed by atoms with Gasteiger partial charge in [-0.15, -0.1) is 0 Å². The lowest BCUT2D eigenvalue weighted by Gasteiger charge is -2.11. The van der Waals surface area contributed by atoms with Crippen LogP contribution in [0.1, 0.15) is 6.92 Å². The molecule has 27 heavy (non-hydrogen) atoms. The average molecular weight is 365 g/mol. The van der Waals surface area contributed by atoms with E-state index in [0.29, 0.717) is 42.5 Å². The summed E-state index contributed by atoms with van der Waals surface area (Å²) in [7, 11) is 0. The molecule has 0 unspecified atom stereocenters. The van der Waals surface area contributed by atoms with E-state index >= 15 is 0 Å². The van der Waals surface area contributed by atoms with Crippen molar-refractivity contribution in [3.8, 4) is 28.5 Å². The third kappa shape index (κ3) is 2.87. The summed E-state index contributed by atoms with van der Waals surface area (Å²) in [5.41, 5.74) is 15.1. The van der Waals surface area contributed by atoms with Crippen LogP contribution in [0.15, 0.2) is 41.2 Å². The van der Waals surface area contributed by atoms with Crippen LogP contribution in [0.4, 0.5) is 5.82 Å². The number of nitrogens with zero attached hydrogens (tertiary/aromatic N) is 5. The monoisotopic (exact) mass is 365 g/mol. The molecular formula is C18H19N7O2. The number of imidazole rings is 1. The van der Waals surface area contributed by atoms with Crippen molar-refractivity contribution in [3.63, 3.8) is 0 Å². The first-order valence-corrected chi connectivity index (χ1v) is 8.60. The van der Waals surface area contributed by atoms with Gasteiger partial charge in [-0.1, -0.05) is 30.3 Å². The predicted octanol–water partition coefficient (Wildman–Crippen LogP) is 2.09. The number of hydrogen-bond acceptors (Lipinski definition) is 8. The SMILES string of the molecule is CCn1c(-c2nonc2N)nc2c(-c3ccccc3)ncc(OCCN)c21. The Balaban J connectivity index is 2.02. The predicted molar refractivity (Wildman–Crippen MR) is 101 cm³/mol. The lowest BCUT2D eigenvalue weighted by Crippen LogP contribution is -2.11. The smallest absolute Gasteiger partial charge is 0.199 e. The number of hydrogen-bond donors (Lipinski definition) is 2. The van der Waals surface area contributed by atoms with Gasteiger partial charge in [0.25, 0.3) is 0 Å². The largest absolute Gasteiger partial charge is 0.488 e. The van der Waals surface area contributed by atoms with E-state index in [1.54, 1.807) is 6.20 Å². The van der Waals surface area contributed by atoms with Crippen molar-refractivity contribution in [2.75, 3.05) is 18.9 Å². The summed E-state index contributed by atoms with van der Waals surface area (Å²) in [6.45, 7) is 3.40. The fourth-order valence-corrected chi connectivity index (χ4v) is 3.03. The number of aryl methyl sites for hydroxylation is 1. The highest BCUT2D eigenvalue weighted by molar-refractivity contribution is 5.95. The number of ether oxygens (including phenoxy) is 1. The molecule has 0 atom stereocenters. The molecule has 0 saturated carbocycles. The molecule has 0 aliphatic heterocycles. The quantitative estimate of drug-likeness (QED) is 0.531. The van der Waals surface area contributed by atoms with Crippen molar-refractivity contribution in [2.45, 2.75) is 13.5 Å². The number of benzene rings is 1. The lowest BCUT2D eigenvalue weighted by molar-refractivity contribution is 0.310. The van der Waals surface area contributed by atoms with Gasteiger partial charge in [-0.25, -0.2) is 14.6 Å². The second-order valence-electron chi connectivity index (χ2n) is 5.85. The molecule has 0 aliphatic carbocycles. The van der Waals surface area contributed by atoms with E-state index in [2.05, 4.69) is 15.3 Å². The summed E-state index contributed by atoms with van der Waals surface area (Å²) < 4.78 is 12.6. The maximum Gasteiger partial charge on any atom is 0.199 e. The number of nitrogens with two attached hydrogens (primary N) is 2. The van der Waals surface area contributed by atoms with Gasteiger partial charge in [-0.05, 0) is 17.2 Å². The fraction of sp³-hybridized carbons (Fsp3) is 0.222. The zero-order chi connectivity index (χ0) is 18.8. The van der Waals surface area contributed by atoms with Crippen molar-refractivity contribution >= 4 is 16.9 Å². The Hall–Kier alpha value is -3.46. The molecule has 4 aromatic rings. The Morgan fingerprint density at radius 1 is 1.15 bits per heavy atom. The molecule has 1 aromatic carbocycles. The van der Waals surface area contributed by atoms with Crippen LogP contribution in [-0.4, -0.2) is 38.0 Å². The van der Waals surface area contributed by atoms with Gasteiger partial charge in [-0.2, -0.15) is 0 Å². The molecule has 138 valence electrons. The van der Waals surface area contributed by atoms with Crippen LogP contribution < -0.4 is 16.2 Å². The molecule has 0 radical (unpaired) electrons. The molecule has 0 fully saturated rings. The normalized spacial score (nSPS) is 11.2. The van der Waals surface area contributed by atoms with Crippen LogP contribution in [0.2, 0.25) is 0 Å². The van der Waals surface area contributed by atoms with Crippen LogP contribution >= 0.6 is 0 Å². The minimum Gasteiger partial charge on any atom is -0.488 e. The maximum atomic E-state index is 5.90. The number of aromatic nitrogens is 5. The molecule has 3 aromatic heterocycles. The number of fused-ring (bicyclic) bond motifs is 1. The molecule has 0 bridgehead atoms. The van der Waals surface area contributed by atoms with Crippen LogP contribution in [0.3, 0.4) is 0 Å². The topological polar surface area (TPSA) is 131 Å². The van der Waals surface area contributed by atoms with Gasteiger partial charge in [0.1, 0.15) is 17.6 Å². The number of pyridine rings is 1. The molecule has 4 N–H and O–H groups in total. The first-order chi connectivity index (χ1) is 13.2. The van der Waals surface area contributed by atoms with Gasteiger partial charge < -0.3 is 20.8 Å². The zero-order valence-electron chi connectivity index (χ0n) is 14.8. The minimum absolute atomic E-state index is 0.179. The van der Waals surface area contributed by atoms with E-state index in [-0.39, 0.29) is 5.82 Å². The van der Waals surface area contributed by atoms with Crippen molar-refractivity contribution in [1.29, 1.82) is 0 Å². The first kappa shape index (κ1) is 17.0. The minimum atomic E-state index is 0.179. The Kier molecular flexibility index (Phi) is 4.43. The molecule has 0 saturated heterocycles. The van der Waals surface area contributed by atoms with Crippen LogP contribution in [0.5, 0.6) is 5.75 Å². The molecule has 9 heteroatoms. The van der Waals surface area contributed by atoms with Gasteiger partial charge in [-0.3, -0.25) is 0 Å². The van der Waals surface area contributed by atoms with Gasteiger partial charge in [0.2, 0.25) is 0 Å². The van der Waals surface area contributed by atoms with E-state index in [1.807, 2.05) is 41.8 Å². The zero-order valence-corrected chi connectivity index (χ0v) is 14.8. The molecule has 4 rings (SSSR count). The number of anilines is 1. The Morgan fingerprint density at radius 3 is 2.63 bits per heavy atom. The van der Waals surface area contributed by atoms with Crippen LogP contribution in [-0.2, 0) is 6.54 Å². The summed E-state index contributed by atoms with van der Waals surface area (Å²) in [5, 5.41) is 7.57. The molecule has 3 heterocycles. The van der Waals surface area contributed by atoms with Crippen LogP contribution in [0, 0.1) is 0 Å². The Bertz CT molecular complexity index is 1070. The standard InChI is InChI=1S/C18H19N7O2/c1-2-25-16-12(26-9-8-19)10-21-13(11-6-4-3-5-7-11)14(16)22-18(25)15-17(20)24-27-23-15/h3-7,10H,2,8-9,19H2,1H3,(H2,20,24). The number of nitrogen functional groups attached to an aromatic ring is 1. The van der Waals surface area contributed by atoms with E-state index in [9.17, 15) is 0 Å². The van der Waals surface area contributed by atoms with Gasteiger partial charge in [0.15, 0.2) is 23.1 Å². The highest BCUT2D eigenvalue weighted by Crippen LogP contribution is 2.36. The number of rotatable bonds is 6. The van der Waals surface area contributed by atoms with E-state index in [1.165, 1.54) is 0 Å². The summed E-state index contributed by atoms with van der Waals surface area (Å²) >= 11 is 0. The van der Waals surface area contributed by atoms with E-state index in [0.717, 1.165) is 16.8 Å². The van der Waals surface area contributed by atoms with Crippen molar-refractivity contribution in [1.82, 2.24) is 24.8 Å². The van der Waals surface area contributed by atoms with E-state index < -0.39 is 0 Å². The van der Waals surface area contributed by atoms with Crippen molar-refractivity contribution in [3.05, 3.63) is 36.5 Å². The maximum absolute atomic E-state index is 5.90. The summed E-state index contributed by atoms with van der Waals surface area (Å²) in [6.07, 6.45) is 1.70. The third-order valence-corrected chi connectivity index (χ3v) is 4.20. The third-order valence-electron chi connectivity index (χ3n) is 4.20. The van der Waals surface area contributed by atoms with Gasteiger partial charge in [0, 0.05) is 18.7 Å². The second-order valence-corrected chi connectivity index (χ2v) is 5.85. The van der Waals surface area contributed by atoms with Crippen LogP contribution in [0.25, 0.3) is 33.8 Å². The van der Waals surface area contributed by atoms with Crippen molar-refractivity contribution in [2.24, 2.45) is 5.73 Å². The Morgan fingerprint density at radius 2 is 1.96 bits per heavy atom. The first-order valence-electron chi connectivity index (χ1n) is 8.60. The average Bonchev–Trinajstić information content (AvgIpc) is 3.29. The summed E-state index contributed by atoms with van der Waals surface area (Å²) in [4.78, 5) is 9.37. The molecule has 0 aliphatic rings. The second kappa shape index (κ2) is 7.04. The molecule has 0 spiro atoms. The summed E-state index contributed by atoms with van der Waals surface area (Å²) in [6, 6.07) is 9.84. The highest BCUT2D eigenvalue weighted by atomic mass is 16.6. The summed E-state index contributed by atoms with van der Waals surface area (Å²) in [5.74, 6) is 1.33. The molecular weight excluding hydrogens is 346 g/mol. The van der Waals surface area contributed by atoms with E-state index in [4.69, 9.17) is 25.8 Å². The highest BCUT2D eigenvalue weighted by Gasteiger charge is 2.23. The Labute approximate surface area is 154 Å². The molecule has 0 amide bonds. The van der Waals surface area contributed by atoms with Crippen molar-refractivity contribution < 1.29 is 9.37 Å². The fourth-order valence-electron chi connectivity index (χ4n) is 3.03. The van der Waals surface area contributed by atoms with Gasteiger partial charge in [0.05, 0.1) is 11.9 Å². The lowest BCUT2D eigenvalue weighted by atomic mass is 10.1. The molecule has 9 nitrogen and oxygen atoms in total. The van der Waals surface area contributed by atoms with Gasteiger partial charge >= 0.3 is 0 Å².